The van der Waals surface area contributed by atoms with Gasteiger partial charge in [0.25, 0.3) is 0 Å². The van der Waals surface area contributed by atoms with Gasteiger partial charge in [-0.1, -0.05) is 34.6 Å². The Bertz CT molecular complexity index is 88.5. The van der Waals surface area contributed by atoms with Gasteiger partial charge in [-0.05, 0) is 18.2 Å². The average Bonchev–Trinajstić information content (AvgIpc) is 1.90. The van der Waals surface area contributed by atoms with Gasteiger partial charge in [0, 0.05) is 5.25 Å². The fraction of sp³-hybridized carbons (Fsp3) is 0.667. The Balaban J connectivity index is 2.27. The van der Waals surface area contributed by atoms with E-state index < -0.39 is 0 Å². The van der Waals surface area contributed by atoms with Crippen molar-refractivity contribution in [2.24, 2.45) is 0 Å². The first-order chi connectivity index (χ1) is 3.93. The van der Waals surface area contributed by atoms with Crippen LogP contribution in [0.2, 0.25) is 0 Å². The first kappa shape index (κ1) is 6.56. The molecular weight excluding hydrogens is 136 g/mol. The van der Waals surface area contributed by atoms with E-state index in [9.17, 15) is 0 Å². The highest BCUT2D eigenvalue weighted by atomic mass is 33.1. The molecule has 0 nitrogen and oxygen atoms in total. The topological polar surface area (TPSA) is 0 Å². The van der Waals surface area contributed by atoms with E-state index in [1.165, 1.54) is 12.8 Å². The normalized spacial score (nSPS) is 28.4. The molecule has 2 heteroatoms. The Hall–Kier alpha value is 0.440. The Morgan fingerprint density at radius 3 is 3.00 bits per heavy atom. The fourth-order valence-electron chi connectivity index (χ4n) is 0.631. The van der Waals surface area contributed by atoms with E-state index in [1.807, 2.05) is 21.6 Å². The van der Waals surface area contributed by atoms with Crippen molar-refractivity contribution >= 4 is 21.6 Å². The summed E-state index contributed by atoms with van der Waals surface area (Å²) in [6, 6.07) is 0. The van der Waals surface area contributed by atoms with Gasteiger partial charge in [-0.3, -0.25) is 0 Å². The molecule has 0 amide bonds. The SMILES string of the molecule is CC[C@@H]1CC=CSS1. The lowest BCUT2D eigenvalue weighted by atomic mass is 10.2. The minimum absolute atomic E-state index is 0.880. The Morgan fingerprint density at radius 1 is 1.75 bits per heavy atom. The van der Waals surface area contributed by atoms with Crippen molar-refractivity contribution in [3.8, 4) is 0 Å². The van der Waals surface area contributed by atoms with Gasteiger partial charge in [0.05, 0.1) is 0 Å². The zero-order chi connectivity index (χ0) is 5.82. The summed E-state index contributed by atoms with van der Waals surface area (Å²) >= 11 is 0. The van der Waals surface area contributed by atoms with Gasteiger partial charge in [0.2, 0.25) is 0 Å². The van der Waals surface area contributed by atoms with Crippen molar-refractivity contribution < 1.29 is 0 Å². The van der Waals surface area contributed by atoms with Crippen LogP contribution in [-0.2, 0) is 0 Å². The molecule has 1 rings (SSSR count). The lowest BCUT2D eigenvalue weighted by molar-refractivity contribution is 0.841. The molecule has 0 aromatic rings. The van der Waals surface area contributed by atoms with Gasteiger partial charge in [0.15, 0.2) is 0 Å². The highest BCUT2D eigenvalue weighted by Gasteiger charge is 2.06. The van der Waals surface area contributed by atoms with Crippen LogP contribution in [0.15, 0.2) is 11.5 Å². The van der Waals surface area contributed by atoms with Crippen LogP contribution in [0.1, 0.15) is 19.8 Å². The monoisotopic (exact) mass is 146 g/mol. The zero-order valence-corrected chi connectivity index (χ0v) is 6.60. The van der Waals surface area contributed by atoms with Crippen molar-refractivity contribution in [2.75, 3.05) is 0 Å². The third kappa shape index (κ3) is 1.75. The Morgan fingerprint density at radius 2 is 2.62 bits per heavy atom. The van der Waals surface area contributed by atoms with Crippen molar-refractivity contribution in [1.29, 1.82) is 0 Å². The Kier molecular flexibility index (Phi) is 2.84. The quantitative estimate of drug-likeness (QED) is 0.521. The molecule has 1 atom stereocenters. The van der Waals surface area contributed by atoms with E-state index in [0.717, 1.165) is 5.25 Å². The van der Waals surface area contributed by atoms with Crippen LogP contribution in [0.5, 0.6) is 0 Å². The minimum atomic E-state index is 0.880. The number of allylic oxidation sites excluding steroid dienone is 1. The smallest absolute Gasteiger partial charge is 0.0186 e. The van der Waals surface area contributed by atoms with Gasteiger partial charge in [-0.2, -0.15) is 0 Å². The van der Waals surface area contributed by atoms with E-state index >= 15 is 0 Å². The molecule has 0 spiro atoms. The maximum Gasteiger partial charge on any atom is 0.0186 e. The summed E-state index contributed by atoms with van der Waals surface area (Å²) in [5.41, 5.74) is 0. The largest absolute Gasteiger partial charge is 0.0858 e. The molecule has 0 fully saturated rings. The summed E-state index contributed by atoms with van der Waals surface area (Å²) in [6.07, 6.45) is 4.84. The highest BCUT2D eigenvalue weighted by Crippen LogP contribution is 2.35. The molecule has 0 aromatic heterocycles. The van der Waals surface area contributed by atoms with Gasteiger partial charge >= 0.3 is 0 Å². The van der Waals surface area contributed by atoms with E-state index in [-0.39, 0.29) is 0 Å². The van der Waals surface area contributed by atoms with Crippen LogP contribution in [0.25, 0.3) is 0 Å². The lowest BCUT2D eigenvalue weighted by Crippen LogP contribution is -1.97. The predicted molar refractivity (Wildman–Crippen MR) is 43.0 cm³/mol. The summed E-state index contributed by atoms with van der Waals surface area (Å²) in [6.45, 7) is 2.25. The summed E-state index contributed by atoms with van der Waals surface area (Å²) < 4.78 is 0. The second-order valence-electron chi connectivity index (χ2n) is 1.83. The first-order valence-electron chi connectivity index (χ1n) is 2.90. The van der Waals surface area contributed by atoms with Crippen LogP contribution < -0.4 is 0 Å². The van der Waals surface area contributed by atoms with E-state index in [1.54, 1.807) is 0 Å². The third-order valence-electron chi connectivity index (χ3n) is 1.20. The van der Waals surface area contributed by atoms with Crippen molar-refractivity contribution in [3.05, 3.63) is 11.5 Å². The van der Waals surface area contributed by atoms with Gasteiger partial charge in [0.1, 0.15) is 0 Å². The maximum absolute atomic E-state index is 2.26. The summed E-state index contributed by atoms with van der Waals surface area (Å²) in [7, 11) is 3.86. The van der Waals surface area contributed by atoms with Crippen molar-refractivity contribution in [1.82, 2.24) is 0 Å². The highest BCUT2D eigenvalue weighted by molar-refractivity contribution is 8.78. The summed E-state index contributed by atoms with van der Waals surface area (Å²) in [4.78, 5) is 0. The molecule has 46 valence electrons. The van der Waals surface area contributed by atoms with Crippen molar-refractivity contribution in [2.45, 2.75) is 25.0 Å². The van der Waals surface area contributed by atoms with Crippen LogP contribution in [-0.4, -0.2) is 5.25 Å². The standard InChI is InChI=1S/C6H10S2/c1-2-6-4-3-5-7-8-6/h3,5-6H,2,4H2,1H3/t6-/m1/s1. The molecule has 1 heterocycles. The summed E-state index contributed by atoms with van der Waals surface area (Å²) in [5, 5.41) is 3.06. The molecule has 0 bridgehead atoms. The molecule has 0 unspecified atom stereocenters. The van der Waals surface area contributed by atoms with Crippen LogP contribution in [0.4, 0.5) is 0 Å². The van der Waals surface area contributed by atoms with Crippen LogP contribution >= 0.6 is 21.6 Å². The third-order valence-corrected chi connectivity index (χ3v) is 3.89. The average molecular weight is 146 g/mol. The second-order valence-corrected chi connectivity index (χ2v) is 4.31. The molecule has 0 saturated carbocycles. The Labute approximate surface area is 58.5 Å². The minimum Gasteiger partial charge on any atom is -0.0858 e. The number of hydrogen-bond donors (Lipinski definition) is 0. The molecule has 0 aromatic carbocycles. The molecule has 0 aliphatic carbocycles. The van der Waals surface area contributed by atoms with E-state index in [2.05, 4.69) is 18.4 Å². The van der Waals surface area contributed by atoms with Crippen LogP contribution in [0, 0.1) is 0 Å². The van der Waals surface area contributed by atoms with Crippen molar-refractivity contribution in [3.63, 3.8) is 0 Å². The molecule has 0 radical (unpaired) electrons. The molecule has 0 saturated heterocycles. The summed E-state index contributed by atoms with van der Waals surface area (Å²) in [5.74, 6) is 0. The van der Waals surface area contributed by atoms with Crippen LogP contribution in [0.3, 0.4) is 0 Å². The number of rotatable bonds is 1. The molecular formula is C6H10S2. The number of hydrogen-bond acceptors (Lipinski definition) is 2. The first-order valence-corrected chi connectivity index (χ1v) is 5.18. The maximum atomic E-state index is 2.26. The molecule has 8 heavy (non-hydrogen) atoms. The van der Waals surface area contributed by atoms with Gasteiger partial charge in [-0.15, -0.1) is 0 Å². The lowest BCUT2D eigenvalue weighted by Gasteiger charge is -2.12. The second kappa shape index (κ2) is 3.46. The van der Waals surface area contributed by atoms with E-state index in [4.69, 9.17) is 0 Å². The predicted octanol–water partition coefficient (Wildman–Crippen LogP) is 3.06. The van der Waals surface area contributed by atoms with E-state index in [0.29, 0.717) is 0 Å². The van der Waals surface area contributed by atoms with Gasteiger partial charge in [-0.25, -0.2) is 0 Å². The molecule has 0 N–H and O–H groups in total. The fourth-order valence-corrected chi connectivity index (χ4v) is 2.91. The zero-order valence-electron chi connectivity index (χ0n) is 4.96. The molecule has 1 aliphatic rings. The molecule has 1 aliphatic heterocycles. The van der Waals surface area contributed by atoms with Gasteiger partial charge < -0.3 is 0 Å².